The number of fused-ring (bicyclic) bond motifs is 1. The van der Waals surface area contributed by atoms with Gasteiger partial charge in [0.05, 0.1) is 0 Å². The first-order valence-corrected chi connectivity index (χ1v) is 6.66. The molecule has 2 heterocycles. The molecule has 0 aliphatic heterocycles. The van der Waals surface area contributed by atoms with E-state index < -0.39 is 0 Å². The van der Waals surface area contributed by atoms with Crippen molar-refractivity contribution in [2.24, 2.45) is 0 Å². The summed E-state index contributed by atoms with van der Waals surface area (Å²) in [6.07, 6.45) is 2.77. The third-order valence-electron chi connectivity index (χ3n) is 3.09. The van der Waals surface area contributed by atoms with Crippen molar-refractivity contribution >= 4 is 16.7 Å². The Balaban J connectivity index is 2.00. The quantitative estimate of drug-likeness (QED) is 0.760. The molecule has 3 rings (SSSR count). The van der Waals surface area contributed by atoms with Crippen LogP contribution in [0.25, 0.3) is 22.4 Å². The molecule has 1 aromatic carbocycles. The summed E-state index contributed by atoms with van der Waals surface area (Å²) in [4.78, 5) is 4.29. The van der Waals surface area contributed by atoms with E-state index in [9.17, 15) is 4.39 Å². The van der Waals surface area contributed by atoms with Crippen LogP contribution in [0, 0.1) is 5.82 Å². The summed E-state index contributed by atoms with van der Waals surface area (Å²) >= 11 is 0. The number of nitrogens with one attached hydrogen (secondary N) is 1. The highest BCUT2D eigenvalue weighted by Crippen LogP contribution is 2.29. The predicted molar refractivity (Wildman–Crippen MR) is 78.2 cm³/mol. The highest BCUT2D eigenvalue weighted by atomic mass is 19.1. The minimum atomic E-state index is -0.353. The van der Waals surface area contributed by atoms with Crippen LogP contribution in [0.1, 0.15) is 13.3 Å². The standard InChI is InChI=1S/C16H15FN2O/c1-2-7-18-12-6-8-19-14(10-12)15-9-11-4-3-5-13(17)16(11)20-15/h3-6,8-10H,2,7H2,1H3,(H,18,19). The van der Waals surface area contributed by atoms with E-state index in [1.54, 1.807) is 12.3 Å². The lowest BCUT2D eigenvalue weighted by Gasteiger charge is -2.05. The molecule has 0 aliphatic carbocycles. The van der Waals surface area contributed by atoms with Crippen LogP contribution in [0.4, 0.5) is 10.1 Å². The predicted octanol–water partition coefficient (Wildman–Crippen LogP) is 4.46. The third-order valence-corrected chi connectivity index (χ3v) is 3.09. The molecule has 0 spiro atoms. The van der Waals surface area contributed by atoms with Crippen LogP contribution in [-0.2, 0) is 0 Å². The van der Waals surface area contributed by atoms with Gasteiger partial charge in [0.1, 0.15) is 5.69 Å². The molecule has 0 radical (unpaired) electrons. The number of hydrogen-bond acceptors (Lipinski definition) is 3. The fourth-order valence-electron chi connectivity index (χ4n) is 2.10. The first kappa shape index (κ1) is 12.7. The molecule has 0 bridgehead atoms. The SMILES string of the molecule is CCCNc1ccnc(-c2cc3cccc(F)c3o2)c1. The molecule has 3 nitrogen and oxygen atoms in total. The lowest BCUT2D eigenvalue weighted by Crippen LogP contribution is -1.99. The van der Waals surface area contributed by atoms with Gasteiger partial charge in [-0.05, 0) is 30.7 Å². The monoisotopic (exact) mass is 270 g/mol. The maximum absolute atomic E-state index is 13.6. The molecule has 0 fully saturated rings. The summed E-state index contributed by atoms with van der Waals surface area (Å²) in [7, 11) is 0. The van der Waals surface area contributed by atoms with Crippen molar-refractivity contribution in [3.8, 4) is 11.5 Å². The molecule has 0 unspecified atom stereocenters. The molecule has 4 heteroatoms. The molecule has 20 heavy (non-hydrogen) atoms. The second-order valence-corrected chi connectivity index (χ2v) is 4.63. The van der Waals surface area contributed by atoms with Gasteiger partial charge in [0, 0.05) is 23.8 Å². The maximum Gasteiger partial charge on any atom is 0.170 e. The van der Waals surface area contributed by atoms with E-state index in [1.807, 2.05) is 24.3 Å². The van der Waals surface area contributed by atoms with E-state index in [0.717, 1.165) is 24.0 Å². The van der Waals surface area contributed by atoms with Crippen molar-refractivity contribution in [2.45, 2.75) is 13.3 Å². The normalized spacial score (nSPS) is 10.9. The van der Waals surface area contributed by atoms with E-state index in [2.05, 4.69) is 17.2 Å². The minimum absolute atomic E-state index is 0.274. The second kappa shape index (κ2) is 5.33. The van der Waals surface area contributed by atoms with Crippen LogP contribution in [0.3, 0.4) is 0 Å². The van der Waals surface area contributed by atoms with E-state index in [4.69, 9.17) is 4.42 Å². The molecule has 0 saturated carbocycles. The van der Waals surface area contributed by atoms with E-state index in [0.29, 0.717) is 11.5 Å². The van der Waals surface area contributed by atoms with E-state index >= 15 is 0 Å². The Bertz CT molecular complexity index is 736. The topological polar surface area (TPSA) is 38.1 Å². The zero-order valence-electron chi connectivity index (χ0n) is 11.2. The van der Waals surface area contributed by atoms with Crippen molar-refractivity contribution in [2.75, 3.05) is 11.9 Å². The van der Waals surface area contributed by atoms with Crippen LogP contribution in [-0.4, -0.2) is 11.5 Å². The first-order valence-electron chi connectivity index (χ1n) is 6.66. The van der Waals surface area contributed by atoms with Gasteiger partial charge >= 0.3 is 0 Å². The number of hydrogen-bond donors (Lipinski definition) is 1. The van der Waals surface area contributed by atoms with E-state index in [-0.39, 0.29) is 11.4 Å². The smallest absolute Gasteiger partial charge is 0.170 e. The van der Waals surface area contributed by atoms with Crippen molar-refractivity contribution in [1.29, 1.82) is 0 Å². The fourth-order valence-corrected chi connectivity index (χ4v) is 2.10. The van der Waals surface area contributed by atoms with Crippen molar-refractivity contribution in [3.05, 3.63) is 48.4 Å². The van der Waals surface area contributed by atoms with Gasteiger partial charge in [0.25, 0.3) is 0 Å². The molecule has 3 aromatic rings. The summed E-state index contributed by atoms with van der Waals surface area (Å²) in [5.74, 6) is 0.222. The number of anilines is 1. The summed E-state index contributed by atoms with van der Waals surface area (Å²) in [5, 5.41) is 4.04. The lowest BCUT2D eigenvalue weighted by molar-refractivity contribution is 0.567. The minimum Gasteiger partial charge on any atom is -0.451 e. The maximum atomic E-state index is 13.6. The number of nitrogens with zero attached hydrogens (tertiary/aromatic N) is 1. The molecular formula is C16H15FN2O. The molecular weight excluding hydrogens is 255 g/mol. The van der Waals surface area contributed by atoms with Gasteiger partial charge in [-0.3, -0.25) is 4.98 Å². The number of para-hydroxylation sites is 1. The Morgan fingerprint density at radius 2 is 2.15 bits per heavy atom. The number of aromatic nitrogens is 1. The molecule has 0 saturated heterocycles. The van der Waals surface area contributed by atoms with Gasteiger partial charge in [0.15, 0.2) is 17.2 Å². The Kier molecular flexibility index (Phi) is 3.37. The molecule has 1 N–H and O–H groups in total. The van der Waals surface area contributed by atoms with Gasteiger partial charge in [-0.25, -0.2) is 4.39 Å². The van der Waals surface area contributed by atoms with Crippen molar-refractivity contribution < 1.29 is 8.81 Å². The Labute approximate surface area is 116 Å². The Morgan fingerprint density at radius 3 is 2.95 bits per heavy atom. The van der Waals surface area contributed by atoms with Crippen LogP contribution >= 0.6 is 0 Å². The number of furan rings is 1. The Morgan fingerprint density at radius 1 is 1.25 bits per heavy atom. The lowest BCUT2D eigenvalue weighted by atomic mass is 10.2. The highest BCUT2D eigenvalue weighted by Gasteiger charge is 2.10. The average molecular weight is 270 g/mol. The number of pyridine rings is 1. The van der Waals surface area contributed by atoms with E-state index in [1.165, 1.54) is 6.07 Å². The second-order valence-electron chi connectivity index (χ2n) is 4.63. The van der Waals surface area contributed by atoms with Gasteiger partial charge in [-0.1, -0.05) is 19.1 Å². The summed E-state index contributed by atoms with van der Waals surface area (Å²) in [6.45, 7) is 3.01. The zero-order chi connectivity index (χ0) is 13.9. The molecule has 102 valence electrons. The molecule has 2 aromatic heterocycles. The molecule has 0 atom stereocenters. The number of rotatable bonds is 4. The largest absolute Gasteiger partial charge is 0.451 e. The van der Waals surface area contributed by atoms with Crippen LogP contribution in [0.15, 0.2) is 47.0 Å². The zero-order valence-corrected chi connectivity index (χ0v) is 11.2. The number of benzene rings is 1. The van der Waals surface area contributed by atoms with Crippen LogP contribution < -0.4 is 5.32 Å². The first-order chi connectivity index (χ1) is 9.78. The van der Waals surface area contributed by atoms with Crippen molar-refractivity contribution in [1.82, 2.24) is 4.98 Å². The fraction of sp³-hybridized carbons (Fsp3) is 0.188. The third kappa shape index (κ3) is 2.37. The average Bonchev–Trinajstić information content (AvgIpc) is 2.91. The Hall–Kier alpha value is -2.36. The van der Waals surface area contributed by atoms with Gasteiger partial charge in [0.2, 0.25) is 0 Å². The van der Waals surface area contributed by atoms with Crippen LogP contribution in [0.5, 0.6) is 0 Å². The van der Waals surface area contributed by atoms with Gasteiger partial charge in [-0.2, -0.15) is 0 Å². The summed E-state index contributed by atoms with van der Waals surface area (Å²) < 4.78 is 19.2. The highest BCUT2D eigenvalue weighted by molar-refractivity contribution is 5.82. The van der Waals surface area contributed by atoms with Crippen LogP contribution in [0.2, 0.25) is 0 Å². The number of halogens is 1. The van der Waals surface area contributed by atoms with Gasteiger partial charge < -0.3 is 9.73 Å². The molecule has 0 amide bonds. The van der Waals surface area contributed by atoms with Crippen molar-refractivity contribution in [3.63, 3.8) is 0 Å². The summed E-state index contributed by atoms with van der Waals surface area (Å²) in [6, 6.07) is 10.5. The van der Waals surface area contributed by atoms with Gasteiger partial charge in [-0.15, -0.1) is 0 Å². The summed E-state index contributed by atoms with van der Waals surface area (Å²) in [5.41, 5.74) is 1.95. The molecule has 0 aliphatic rings.